The lowest BCUT2D eigenvalue weighted by Crippen LogP contribution is -2.41. The largest absolute Gasteiger partial charge is 0.250 e. The van der Waals surface area contributed by atoms with E-state index in [-0.39, 0.29) is 18.8 Å². The van der Waals surface area contributed by atoms with Crippen LogP contribution in [-0.2, 0) is 7.05 Å². The average Bonchev–Trinajstić information content (AvgIpc) is 2.30. The summed E-state index contributed by atoms with van der Waals surface area (Å²) in [6, 6.07) is 0. The number of rotatable bonds is 1. The Balaban J connectivity index is 2.11. The van der Waals surface area contributed by atoms with Gasteiger partial charge in [-0.3, -0.25) is 0 Å². The van der Waals surface area contributed by atoms with E-state index >= 15 is 0 Å². The minimum Gasteiger partial charge on any atom is -0.250 e. The summed E-state index contributed by atoms with van der Waals surface area (Å²) in [7, 11) is 1.86. The first-order valence-electron chi connectivity index (χ1n) is 3.99. The first-order valence-corrected chi connectivity index (χ1v) is 3.99. The number of hydrogen-bond donors (Lipinski definition) is 1. The van der Waals surface area contributed by atoms with E-state index in [4.69, 9.17) is 0 Å². The quantitative estimate of drug-likeness (QED) is 0.618. The molecule has 1 aliphatic rings. The van der Waals surface area contributed by atoms with Gasteiger partial charge in [0, 0.05) is 18.8 Å². The monoisotopic (exact) mass is 173 g/mol. The second-order valence-electron chi connectivity index (χ2n) is 3.44. The summed E-state index contributed by atoms with van der Waals surface area (Å²) in [6.07, 6.45) is 3.56. The molecule has 12 heavy (non-hydrogen) atoms. The predicted octanol–water partition coefficient (Wildman–Crippen LogP) is 1.35. The summed E-state index contributed by atoms with van der Waals surface area (Å²) in [5.74, 6) is -2.38. The van der Waals surface area contributed by atoms with Gasteiger partial charge in [-0.15, -0.1) is 0 Å². The summed E-state index contributed by atoms with van der Waals surface area (Å²) in [6.45, 7) is 0. The maximum absolute atomic E-state index is 12.5. The summed E-state index contributed by atoms with van der Waals surface area (Å²) in [5, 5.41) is 0. The Kier molecular flexibility index (Phi) is 1.46. The third-order valence-corrected chi connectivity index (χ3v) is 2.42. The van der Waals surface area contributed by atoms with Gasteiger partial charge in [-0.2, -0.15) is 0 Å². The highest BCUT2D eigenvalue weighted by atomic mass is 19.3. The van der Waals surface area contributed by atoms with Gasteiger partial charge in [0.2, 0.25) is 12.2 Å². The Morgan fingerprint density at radius 3 is 2.67 bits per heavy atom. The first-order chi connectivity index (χ1) is 5.58. The van der Waals surface area contributed by atoms with Crippen LogP contribution in [0, 0.1) is 0 Å². The van der Waals surface area contributed by atoms with Crippen molar-refractivity contribution < 1.29 is 13.3 Å². The molecule has 1 aromatic heterocycles. The zero-order valence-corrected chi connectivity index (χ0v) is 6.85. The summed E-state index contributed by atoms with van der Waals surface area (Å²) >= 11 is 0. The van der Waals surface area contributed by atoms with Gasteiger partial charge in [0.05, 0.1) is 7.05 Å². The fraction of sp³-hybridized carbons (Fsp3) is 0.625. The second kappa shape index (κ2) is 2.28. The second-order valence-corrected chi connectivity index (χ2v) is 3.44. The zero-order chi connectivity index (χ0) is 8.77. The van der Waals surface area contributed by atoms with E-state index < -0.39 is 5.92 Å². The fourth-order valence-corrected chi connectivity index (χ4v) is 1.69. The molecule has 0 aromatic carbocycles. The fourth-order valence-electron chi connectivity index (χ4n) is 1.69. The maximum atomic E-state index is 12.5. The maximum Gasteiger partial charge on any atom is 0.249 e. The van der Waals surface area contributed by atoms with Crippen molar-refractivity contribution in [3.8, 4) is 0 Å². The third kappa shape index (κ3) is 1.11. The highest BCUT2D eigenvalue weighted by Gasteiger charge is 2.48. The molecule has 0 bridgehead atoms. The average molecular weight is 173 g/mol. The van der Waals surface area contributed by atoms with Gasteiger partial charge in [-0.05, 0) is 0 Å². The number of H-pyrrole nitrogens is 1. The molecule has 1 aliphatic carbocycles. The van der Waals surface area contributed by atoms with Crippen molar-refractivity contribution in [2.24, 2.45) is 7.05 Å². The molecule has 0 spiro atoms. The van der Waals surface area contributed by atoms with Crippen LogP contribution >= 0.6 is 0 Å². The highest BCUT2D eigenvalue weighted by molar-refractivity contribution is 5.07. The summed E-state index contributed by atoms with van der Waals surface area (Å²) < 4.78 is 26.8. The van der Waals surface area contributed by atoms with Crippen LogP contribution in [0.3, 0.4) is 0 Å². The zero-order valence-electron chi connectivity index (χ0n) is 6.85. The van der Waals surface area contributed by atoms with Crippen molar-refractivity contribution in [3.05, 3.63) is 18.2 Å². The molecule has 0 unspecified atom stereocenters. The molecule has 0 radical (unpaired) electrons. The molecule has 1 saturated carbocycles. The number of hydrogen-bond acceptors (Lipinski definition) is 0. The third-order valence-electron chi connectivity index (χ3n) is 2.42. The van der Waals surface area contributed by atoms with E-state index in [0.717, 1.165) is 5.69 Å². The molecule has 4 heteroatoms. The summed E-state index contributed by atoms with van der Waals surface area (Å²) in [5.41, 5.74) is 0.973. The molecule has 2 nitrogen and oxygen atoms in total. The molecule has 0 atom stereocenters. The Hall–Kier alpha value is -0.930. The van der Waals surface area contributed by atoms with Gasteiger partial charge in [-0.1, -0.05) is 0 Å². The van der Waals surface area contributed by atoms with Gasteiger partial charge >= 0.3 is 0 Å². The van der Waals surface area contributed by atoms with Crippen LogP contribution in [0.25, 0.3) is 0 Å². The van der Waals surface area contributed by atoms with Crippen molar-refractivity contribution in [1.82, 2.24) is 4.98 Å². The van der Waals surface area contributed by atoms with Crippen LogP contribution in [0.2, 0.25) is 0 Å². The van der Waals surface area contributed by atoms with Crippen molar-refractivity contribution >= 4 is 0 Å². The van der Waals surface area contributed by atoms with Gasteiger partial charge in [-0.25, -0.2) is 18.3 Å². The number of aromatic nitrogens is 2. The molecule has 0 saturated heterocycles. The van der Waals surface area contributed by atoms with Gasteiger partial charge in [0.1, 0.15) is 11.9 Å². The van der Waals surface area contributed by atoms with Crippen LogP contribution in [0.1, 0.15) is 24.5 Å². The lowest BCUT2D eigenvalue weighted by atomic mass is 9.79. The van der Waals surface area contributed by atoms with E-state index in [2.05, 4.69) is 4.98 Å². The SMILES string of the molecule is C[n+]1c[nH]cc1C1CC(F)(F)C1. The lowest BCUT2D eigenvalue weighted by Gasteiger charge is -2.32. The Morgan fingerprint density at radius 1 is 1.58 bits per heavy atom. The number of aromatic amines is 1. The number of nitrogens with zero attached hydrogens (tertiary/aromatic N) is 1. The molecule has 1 N–H and O–H groups in total. The highest BCUT2D eigenvalue weighted by Crippen LogP contribution is 2.47. The van der Waals surface area contributed by atoms with Crippen LogP contribution < -0.4 is 4.57 Å². The molecule has 66 valence electrons. The molecule has 0 amide bonds. The molecule has 2 rings (SSSR count). The van der Waals surface area contributed by atoms with Gasteiger partial charge in [0.25, 0.3) is 0 Å². The Bertz CT molecular complexity index is 285. The number of aryl methyl sites for hydroxylation is 1. The van der Waals surface area contributed by atoms with Gasteiger partial charge < -0.3 is 0 Å². The van der Waals surface area contributed by atoms with Crippen LogP contribution in [0.4, 0.5) is 8.78 Å². The van der Waals surface area contributed by atoms with Crippen molar-refractivity contribution in [2.45, 2.75) is 24.7 Å². The van der Waals surface area contributed by atoms with Crippen molar-refractivity contribution in [3.63, 3.8) is 0 Å². The number of alkyl halides is 2. The predicted molar refractivity (Wildman–Crippen MR) is 38.9 cm³/mol. The van der Waals surface area contributed by atoms with E-state index in [9.17, 15) is 8.78 Å². The van der Waals surface area contributed by atoms with Crippen LogP contribution in [-0.4, -0.2) is 10.9 Å². The standard InChI is InChI=1S/C8H10F2N2/c1-12-5-11-4-7(12)6-2-8(9,10)3-6/h4-6H,2-3H2,1H3/p+1. The smallest absolute Gasteiger partial charge is 0.249 e. The molecular weight excluding hydrogens is 162 g/mol. The first kappa shape index (κ1) is 7.71. The minimum atomic E-state index is -2.42. The topological polar surface area (TPSA) is 19.7 Å². The Labute approximate surface area is 69.2 Å². The van der Waals surface area contributed by atoms with E-state index in [1.165, 1.54) is 0 Å². The van der Waals surface area contributed by atoms with Crippen LogP contribution in [0.15, 0.2) is 12.5 Å². The molecule has 1 aromatic rings. The van der Waals surface area contributed by atoms with Gasteiger partial charge in [0.15, 0.2) is 0 Å². The normalized spacial score (nSPS) is 22.2. The Morgan fingerprint density at radius 2 is 2.25 bits per heavy atom. The molecule has 0 aliphatic heterocycles. The van der Waals surface area contributed by atoms with E-state index in [1.807, 2.05) is 11.6 Å². The minimum absolute atomic E-state index is 0.00130. The number of halogens is 2. The van der Waals surface area contributed by atoms with Crippen molar-refractivity contribution in [1.29, 1.82) is 0 Å². The van der Waals surface area contributed by atoms with Crippen molar-refractivity contribution in [2.75, 3.05) is 0 Å². The molecular formula is C8H11F2N2+. The molecule has 1 fully saturated rings. The van der Waals surface area contributed by atoms with Crippen LogP contribution in [0.5, 0.6) is 0 Å². The number of nitrogens with one attached hydrogen (secondary N) is 1. The molecule has 1 heterocycles. The summed E-state index contributed by atoms with van der Waals surface area (Å²) in [4.78, 5) is 2.89. The number of imidazole rings is 1. The van der Waals surface area contributed by atoms with E-state index in [1.54, 1.807) is 12.5 Å². The lowest BCUT2D eigenvalue weighted by molar-refractivity contribution is -0.680. The van der Waals surface area contributed by atoms with E-state index in [0.29, 0.717) is 0 Å².